The largest absolute Gasteiger partial charge is 0.423 e. The molecular formula is C19H14F2N2O2. The first-order valence-electron chi connectivity index (χ1n) is 7.51. The second-order valence-corrected chi connectivity index (χ2v) is 5.56. The summed E-state index contributed by atoms with van der Waals surface area (Å²) in [5.41, 5.74) is 1.28. The van der Waals surface area contributed by atoms with Crippen LogP contribution in [0.3, 0.4) is 0 Å². The van der Waals surface area contributed by atoms with Gasteiger partial charge in [-0.15, -0.1) is 0 Å². The normalized spacial score (nSPS) is 10.6. The average Bonchev–Trinajstić information content (AvgIpc) is 2.62. The Morgan fingerprint density at radius 3 is 2.20 bits per heavy atom. The smallest absolute Gasteiger partial charge is 0.346 e. The number of halogens is 2. The van der Waals surface area contributed by atoms with E-state index >= 15 is 0 Å². The molecule has 0 unspecified atom stereocenters. The Hall–Kier alpha value is -3.15. The maximum absolute atomic E-state index is 14.0. The Bertz CT molecular complexity index is 923. The first-order valence-corrected chi connectivity index (χ1v) is 7.51. The lowest BCUT2D eigenvalue weighted by molar-refractivity contribution is 0.0734. The summed E-state index contributed by atoms with van der Waals surface area (Å²) >= 11 is 0. The number of rotatable bonds is 3. The Kier molecular flexibility index (Phi) is 4.52. The molecule has 0 aliphatic carbocycles. The number of hydrogen-bond acceptors (Lipinski definition) is 4. The molecule has 0 aliphatic rings. The van der Waals surface area contributed by atoms with Gasteiger partial charge in [0, 0.05) is 12.4 Å². The van der Waals surface area contributed by atoms with Gasteiger partial charge in [0.25, 0.3) is 0 Å². The number of benzene rings is 2. The van der Waals surface area contributed by atoms with Crippen LogP contribution in [0.25, 0.3) is 11.4 Å². The molecule has 0 aliphatic heterocycles. The summed E-state index contributed by atoms with van der Waals surface area (Å²) < 4.78 is 32.8. The number of aryl methyl sites for hydroxylation is 2. The molecule has 0 saturated heterocycles. The number of esters is 1. The van der Waals surface area contributed by atoms with Gasteiger partial charge in [-0.25, -0.2) is 23.5 Å². The first kappa shape index (κ1) is 16.7. The maximum Gasteiger partial charge on any atom is 0.346 e. The molecule has 3 aromatic rings. The molecule has 0 bridgehead atoms. The van der Waals surface area contributed by atoms with Crippen LogP contribution in [0.2, 0.25) is 0 Å². The van der Waals surface area contributed by atoms with Crippen LogP contribution in [0.5, 0.6) is 5.75 Å². The van der Waals surface area contributed by atoms with Crippen molar-refractivity contribution in [2.24, 2.45) is 0 Å². The van der Waals surface area contributed by atoms with Gasteiger partial charge in [0.1, 0.15) is 5.75 Å². The minimum absolute atomic E-state index is 0.0108. The SMILES string of the molecule is Cc1ccc(OC(=O)c2cnc(-c3ccc(C)c(F)c3F)nc2)cc1. The third kappa shape index (κ3) is 3.52. The van der Waals surface area contributed by atoms with E-state index in [1.807, 2.05) is 19.1 Å². The van der Waals surface area contributed by atoms with Crippen molar-refractivity contribution in [2.75, 3.05) is 0 Å². The Labute approximate surface area is 143 Å². The van der Waals surface area contributed by atoms with Crippen molar-refractivity contribution in [2.45, 2.75) is 13.8 Å². The minimum atomic E-state index is -1.02. The van der Waals surface area contributed by atoms with Gasteiger partial charge in [-0.3, -0.25) is 0 Å². The van der Waals surface area contributed by atoms with Gasteiger partial charge in [0.2, 0.25) is 0 Å². The Morgan fingerprint density at radius 2 is 1.56 bits per heavy atom. The van der Waals surface area contributed by atoms with E-state index in [2.05, 4.69) is 9.97 Å². The van der Waals surface area contributed by atoms with Gasteiger partial charge in [-0.1, -0.05) is 23.8 Å². The molecule has 126 valence electrons. The molecule has 0 fully saturated rings. The molecule has 0 amide bonds. The summed E-state index contributed by atoms with van der Waals surface area (Å²) in [5.74, 6) is -2.21. The van der Waals surface area contributed by atoms with Gasteiger partial charge in [-0.2, -0.15) is 0 Å². The quantitative estimate of drug-likeness (QED) is 0.528. The standard InChI is InChI=1S/C19H14F2N2O2/c1-11-3-6-14(7-4-11)25-19(24)13-9-22-18(23-10-13)15-8-5-12(2)16(20)17(15)21/h3-10H,1-2H3. The number of carbonyl (C=O) groups is 1. The molecule has 0 atom stereocenters. The summed E-state index contributed by atoms with van der Waals surface area (Å²) in [6, 6.07) is 9.82. The highest BCUT2D eigenvalue weighted by Gasteiger charge is 2.16. The Morgan fingerprint density at radius 1 is 0.920 bits per heavy atom. The number of hydrogen-bond donors (Lipinski definition) is 0. The molecule has 0 radical (unpaired) electrons. The summed E-state index contributed by atoms with van der Waals surface area (Å²) in [6.45, 7) is 3.39. The number of ether oxygens (including phenoxy) is 1. The van der Waals surface area contributed by atoms with Gasteiger partial charge >= 0.3 is 5.97 Å². The highest BCUT2D eigenvalue weighted by Crippen LogP contribution is 2.23. The number of carbonyl (C=O) groups excluding carboxylic acids is 1. The first-order chi connectivity index (χ1) is 12.0. The molecule has 1 aromatic heterocycles. The van der Waals surface area contributed by atoms with Crippen LogP contribution in [-0.4, -0.2) is 15.9 Å². The molecule has 6 heteroatoms. The lowest BCUT2D eigenvalue weighted by Gasteiger charge is -2.06. The van der Waals surface area contributed by atoms with Gasteiger partial charge in [0.15, 0.2) is 17.5 Å². The molecule has 2 aromatic carbocycles. The lowest BCUT2D eigenvalue weighted by Crippen LogP contribution is -2.10. The topological polar surface area (TPSA) is 52.1 Å². The fourth-order valence-corrected chi connectivity index (χ4v) is 2.16. The van der Waals surface area contributed by atoms with Gasteiger partial charge in [0.05, 0.1) is 11.1 Å². The van der Waals surface area contributed by atoms with Crippen LogP contribution in [0.15, 0.2) is 48.8 Å². The van der Waals surface area contributed by atoms with Crippen molar-refractivity contribution in [1.29, 1.82) is 0 Å². The molecule has 0 saturated carbocycles. The second-order valence-electron chi connectivity index (χ2n) is 5.56. The highest BCUT2D eigenvalue weighted by atomic mass is 19.2. The van der Waals surface area contributed by atoms with Crippen LogP contribution in [0, 0.1) is 25.5 Å². The zero-order chi connectivity index (χ0) is 18.0. The third-order valence-electron chi connectivity index (χ3n) is 3.64. The average molecular weight is 340 g/mol. The van der Waals surface area contributed by atoms with Crippen molar-refractivity contribution in [3.05, 3.63) is 77.1 Å². The molecule has 0 N–H and O–H groups in total. The van der Waals surface area contributed by atoms with Crippen molar-refractivity contribution in [3.8, 4) is 17.1 Å². The van der Waals surface area contributed by atoms with E-state index in [-0.39, 0.29) is 22.5 Å². The second kappa shape index (κ2) is 6.76. The molecule has 1 heterocycles. The van der Waals surface area contributed by atoms with Crippen molar-refractivity contribution >= 4 is 5.97 Å². The van der Waals surface area contributed by atoms with Crippen LogP contribution in [-0.2, 0) is 0 Å². The van der Waals surface area contributed by atoms with Gasteiger partial charge in [-0.05, 0) is 37.6 Å². The molecular weight excluding hydrogens is 326 g/mol. The highest BCUT2D eigenvalue weighted by molar-refractivity contribution is 5.90. The van der Waals surface area contributed by atoms with Gasteiger partial charge < -0.3 is 4.74 Å². The van der Waals surface area contributed by atoms with Crippen LogP contribution >= 0.6 is 0 Å². The van der Waals surface area contributed by atoms with E-state index < -0.39 is 17.6 Å². The van der Waals surface area contributed by atoms with E-state index in [0.717, 1.165) is 5.56 Å². The maximum atomic E-state index is 14.0. The summed E-state index contributed by atoms with van der Waals surface area (Å²) in [7, 11) is 0. The fraction of sp³-hybridized carbons (Fsp3) is 0.105. The van der Waals surface area contributed by atoms with Crippen LogP contribution in [0.4, 0.5) is 8.78 Å². The molecule has 0 spiro atoms. The lowest BCUT2D eigenvalue weighted by atomic mass is 10.1. The monoisotopic (exact) mass is 340 g/mol. The predicted molar refractivity (Wildman–Crippen MR) is 88.3 cm³/mol. The molecule has 3 rings (SSSR count). The minimum Gasteiger partial charge on any atom is -0.423 e. The zero-order valence-electron chi connectivity index (χ0n) is 13.6. The van der Waals surface area contributed by atoms with E-state index in [1.54, 1.807) is 12.1 Å². The molecule has 4 nitrogen and oxygen atoms in total. The molecule has 25 heavy (non-hydrogen) atoms. The van der Waals surface area contributed by atoms with E-state index in [4.69, 9.17) is 4.74 Å². The van der Waals surface area contributed by atoms with Crippen molar-refractivity contribution < 1.29 is 18.3 Å². The van der Waals surface area contributed by atoms with Crippen molar-refractivity contribution in [3.63, 3.8) is 0 Å². The Balaban J connectivity index is 1.81. The fourth-order valence-electron chi connectivity index (χ4n) is 2.16. The summed E-state index contributed by atoms with van der Waals surface area (Å²) in [4.78, 5) is 20.0. The third-order valence-corrected chi connectivity index (χ3v) is 3.64. The van der Waals surface area contributed by atoms with Crippen LogP contribution in [0.1, 0.15) is 21.5 Å². The number of aromatic nitrogens is 2. The van der Waals surface area contributed by atoms with Crippen LogP contribution < -0.4 is 4.74 Å². The van der Waals surface area contributed by atoms with E-state index in [9.17, 15) is 13.6 Å². The predicted octanol–water partition coefficient (Wildman–Crippen LogP) is 4.26. The van der Waals surface area contributed by atoms with E-state index in [1.165, 1.54) is 31.5 Å². The number of nitrogens with zero attached hydrogens (tertiary/aromatic N) is 2. The zero-order valence-corrected chi connectivity index (χ0v) is 13.6. The summed E-state index contributed by atoms with van der Waals surface area (Å²) in [5, 5.41) is 0. The van der Waals surface area contributed by atoms with Crippen molar-refractivity contribution in [1.82, 2.24) is 9.97 Å². The summed E-state index contributed by atoms with van der Waals surface area (Å²) in [6.07, 6.45) is 2.44. The van der Waals surface area contributed by atoms with E-state index in [0.29, 0.717) is 5.75 Å².